The van der Waals surface area contributed by atoms with Gasteiger partial charge in [0.15, 0.2) is 0 Å². The van der Waals surface area contributed by atoms with Gasteiger partial charge in [-0.3, -0.25) is 4.79 Å². The fraction of sp³-hybridized carbons (Fsp3) is 0.647. The molecule has 1 aromatic heterocycles. The predicted molar refractivity (Wildman–Crippen MR) is 95.3 cm³/mol. The molecule has 1 atom stereocenters. The Bertz CT molecular complexity index is 520. The molecule has 0 saturated carbocycles. The van der Waals surface area contributed by atoms with E-state index in [1.165, 1.54) is 0 Å². The van der Waals surface area contributed by atoms with Gasteiger partial charge in [-0.25, -0.2) is 4.98 Å². The van der Waals surface area contributed by atoms with Gasteiger partial charge in [-0.1, -0.05) is 13.3 Å². The van der Waals surface area contributed by atoms with E-state index in [-0.39, 0.29) is 24.4 Å². The number of nitrogens with two attached hydrogens (primary N) is 1. The molecule has 0 radical (unpaired) electrons. The highest BCUT2D eigenvalue weighted by molar-refractivity contribution is 5.85. The first kappa shape index (κ1) is 20.7. The summed E-state index contributed by atoms with van der Waals surface area (Å²) in [6.07, 6.45) is 5.14. The molecule has 0 bridgehead atoms. The first-order valence-corrected chi connectivity index (χ1v) is 8.28. The van der Waals surface area contributed by atoms with Gasteiger partial charge in [-0.15, -0.1) is 12.4 Å². The van der Waals surface area contributed by atoms with E-state index in [2.05, 4.69) is 10.3 Å². The molecule has 3 N–H and O–H groups in total. The minimum absolute atomic E-state index is 0. The summed E-state index contributed by atoms with van der Waals surface area (Å²) in [4.78, 5) is 16.4. The summed E-state index contributed by atoms with van der Waals surface area (Å²) in [6.45, 7) is 5.65. The van der Waals surface area contributed by atoms with Crippen molar-refractivity contribution in [1.29, 1.82) is 0 Å². The fourth-order valence-corrected chi connectivity index (χ4v) is 2.61. The second-order valence-corrected chi connectivity index (χ2v) is 6.28. The van der Waals surface area contributed by atoms with Crippen LogP contribution in [-0.2, 0) is 16.1 Å². The Kier molecular flexibility index (Phi) is 8.45. The third kappa shape index (κ3) is 6.26. The molecule has 7 heteroatoms. The van der Waals surface area contributed by atoms with Crippen molar-refractivity contribution in [3.05, 3.63) is 23.9 Å². The first-order valence-electron chi connectivity index (χ1n) is 8.28. The van der Waals surface area contributed by atoms with Crippen molar-refractivity contribution < 1.29 is 14.3 Å². The molecule has 1 fully saturated rings. The van der Waals surface area contributed by atoms with Gasteiger partial charge in [0.25, 0.3) is 0 Å². The summed E-state index contributed by atoms with van der Waals surface area (Å²) >= 11 is 0. The lowest BCUT2D eigenvalue weighted by molar-refractivity contribution is -0.126. The molecule has 136 valence electrons. The molecule has 1 aliphatic rings. The standard InChI is InChI=1S/C17H27N3O3.ClH/c1-3-7-17(2,18)16(21)20-12-13-4-8-19-15(11-13)23-14-5-9-22-10-6-14;/h4,8,11,14H,3,5-7,9-10,12,18H2,1-2H3,(H,20,21);1H. The first-order chi connectivity index (χ1) is 11.0. The summed E-state index contributed by atoms with van der Waals surface area (Å²) in [7, 11) is 0. The Morgan fingerprint density at radius 2 is 2.21 bits per heavy atom. The average Bonchev–Trinajstić information content (AvgIpc) is 2.54. The van der Waals surface area contributed by atoms with Crippen LogP contribution in [0.25, 0.3) is 0 Å². The number of nitrogens with one attached hydrogen (secondary N) is 1. The van der Waals surface area contributed by atoms with E-state index in [4.69, 9.17) is 15.2 Å². The van der Waals surface area contributed by atoms with E-state index in [1.807, 2.05) is 19.1 Å². The van der Waals surface area contributed by atoms with Crippen LogP contribution < -0.4 is 15.8 Å². The molecule has 1 aromatic rings. The Morgan fingerprint density at radius 1 is 1.50 bits per heavy atom. The van der Waals surface area contributed by atoms with E-state index in [9.17, 15) is 4.79 Å². The molecule has 1 unspecified atom stereocenters. The van der Waals surface area contributed by atoms with Crippen molar-refractivity contribution in [1.82, 2.24) is 10.3 Å². The number of aromatic nitrogens is 1. The van der Waals surface area contributed by atoms with Gasteiger partial charge < -0.3 is 20.5 Å². The van der Waals surface area contributed by atoms with Gasteiger partial charge in [0.2, 0.25) is 11.8 Å². The summed E-state index contributed by atoms with van der Waals surface area (Å²) in [5, 5.41) is 2.89. The molecule has 2 heterocycles. The van der Waals surface area contributed by atoms with E-state index >= 15 is 0 Å². The number of hydrogen-bond donors (Lipinski definition) is 2. The van der Waals surface area contributed by atoms with Crippen LogP contribution in [0, 0.1) is 0 Å². The number of nitrogens with zero attached hydrogens (tertiary/aromatic N) is 1. The van der Waals surface area contributed by atoms with Crippen LogP contribution in [0.15, 0.2) is 18.3 Å². The predicted octanol–water partition coefficient (Wildman–Crippen LogP) is 2.19. The van der Waals surface area contributed by atoms with Gasteiger partial charge >= 0.3 is 0 Å². The number of hydrogen-bond acceptors (Lipinski definition) is 5. The van der Waals surface area contributed by atoms with Crippen LogP contribution in [0.1, 0.15) is 45.1 Å². The fourth-order valence-electron chi connectivity index (χ4n) is 2.61. The Morgan fingerprint density at radius 3 is 2.88 bits per heavy atom. The van der Waals surface area contributed by atoms with Crippen LogP contribution >= 0.6 is 12.4 Å². The number of carbonyl (C=O) groups is 1. The maximum atomic E-state index is 12.1. The minimum atomic E-state index is -0.830. The molecule has 1 amide bonds. The van der Waals surface area contributed by atoms with Gasteiger partial charge in [-0.2, -0.15) is 0 Å². The van der Waals surface area contributed by atoms with Crippen LogP contribution in [0.5, 0.6) is 5.88 Å². The summed E-state index contributed by atoms with van der Waals surface area (Å²) in [6, 6.07) is 3.73. The molecule has 0 aliphatic carbocycles. The third-order valence-corrected chi connectivity index (χ3v) is 4.00. The maximum absolute atomic E-state index is 12.1. The number of ether oxygens (including phenoxy) is 2. The molecule has 24 heavy (non-hydrogen) atoms. The Balaban J connectivity index is 0.00000288. The monoisotopic (exact) mass is 357 g/mol. The van der Waals surface area contributed by atoms with Crippen molar-refractivity contribution in [2.24, 2.45) is 5.73 Å². The topological polar surface area (TPSA) is 86.5 Å². The Hall–Kier alpha value is -1.37. The van der Waals surface area contributed by atoms with Crippen LogP contribution in [0.2, 0.25) is 0 Å². The quantitative estimate of drug-likeness (QED) is 0.781. The molecule has 1 saturated heterocycles. The van der Waals surface area contributed by atoms with Crippen LogP contribution in [0.3, 0.4) is 0 Å². The molecule has 2 rings (SSSR count). The van der Waals surface area contributed by atoms with E-state index < -0.39 is 5.54 Å². The van der Waals surface area contributed by atoms with Gasteiger partial charge in [-0.05, 0) is 25.0 Å². The molecular weight excluding hydrogens is 330 g/mol. The SMILES string of the molecule is CCCC(C)(N)C(=O)NCc1ccnc(OC2CCOCC2)c1.Cl. The molecule has 6 nitrogen and oxygen atoms in total. The van der Waals surface area contributed by atoms with Crippen LogP contribution in [-0.4, -0.2) is 35.7 Å². The number of carbonyl (C=O) groups excluding carboxylic acids is 1. The van der Waals surface area contributed by atoms with Crippen molar-refractivity contribution in [3.8, 4) is 5.88 Å². The van der Waals surface area contributed by atoms with Crippen molar-refractivity contribution in [2.75, 3.05) is 13.2 Å². The number of amides is 1. The lowest BCUT2D eigenvalue weighted by Gasteiger charge is -2.23. The van der Waals surface area contributed by atoms with Crippen molar-refractivity contribution in [2.45, 2.75) is 57.7 Å². The van der Waals surface area contributed by atoms with E-state index in [0.29, 0.717) is 18.8 Å². The average molecular weight is 358 g/mol. The Labute approximate surface area is 149 Å². The zero-order valence-corrected chi connectivity index (χ0v) is 15.2. The normalized spacial score (nSPS) is 17.5. The van der Waals surface area contributed by atoms with Gasteiger partial charge in [0.1, 0.15) is 6.10 Å². The van der Waals surface area contributed by atoms with E-state index in [1.54, 1.807) is 13.1 Å². The minimum Gasteiger partial charge on any atom is -0.474 e. The van der Waals surface area contributed by atoms with Crippen LogP contribution in [0.4, 0.5) is 0 Å². The third-order valence-electron chi connectivity index (χ3n) is 4.00. The maximum Gasteiger partial charge on any atom is 0.240 e. The van der Waals surface area contributed by atoms with E-state index in [0.717, 1.165) is 38.0 Å². The molecule has 0 aromatic carbocycles. The van der Waals surface area contributed by atoms with Crippen molar-refractivity contribution in [3.63, 3.8) is 0 Å². The highest BCUT2D eigenvalue weighted by atomic mass is 35.5. The summed E-state index contributed by atoms with van der Waals surface area (Å²) < 4.78 is 11.2. The lowest BCUT2D eigenvalue weighted by Crippen LogP contribution is -2.51. The zero-order valence-electron chi connectivity index (χ0n) is 14.4. The van der Waals surface area contributed by atoms with Gasteiger partial charge in [0, 0.05) is 31.6 Å². The second-order valence-electron chi connectivity index (χ2n) is 6.28. The highest BCUT2D eigenvalue weighted by Gasteiger charge is 2.26. The highest BCUT2D eigenvalue weighted by Crippen LogP contribution is 2.17. The summed E-state index contributed by atoms with van der Waals surface area (Å²) in [5.74, 6) is 0.454. The molecule has 1 aliphatic heterocycles. The number of halogens is 1. The zero-order chi connectivity index (χ0) is 16.7. The number of rotatable bonds is 7. The largest absolute Gasteiger partial charge is 0.474 e. The smallest absolute Gasteiger partial charge is 0.240 e. The van der Waals surface area contributed by atoms with Crippen molar-refractivity contribution >= 4 is 18.3 Å². The second kappa shape index (κ2) is 9.81. The number of pyridine rings is 1. The van der Waals surface area contributed by atoms with Gasteiger partial charge in [0.05, 0.1) is 18.8 Å². The molecule has 0 spiro atoms. The lowest BCUT2D eigenvalue weighted by atomic mass is 9.96. The summed E-state index contributed by atoms with van der Waals surface area (Å²) in [5.41, 5.74) is 6.14. The molecular formula is C17H28ClN3O3.